The summed E-state index contributed by atoms with van der Waals surface area (Å²) >= 11 is 0. The minimum absolute atomic E-state index is 0. The van der Waals surface area contributed by atoms with Crippen molar-refractivity contribution in [2.45, 2.75) is 44.6 Å². The third-order valence-electron chi connectivity index (χ3n) is 4.64. The van der Waals surface area contributed by atoms with E-state index in [-0.39, 0.29) is 24.0 Å². The zero-order valence-electron chi connectivity index (χ0n) is 13.5. The molecular formula is C14H29IN4O2S. The molecule has 0 bridgehead atoms. The molecule has 2 fully saturated rings. The average Bonchev–Trinajstić information content (AvgIpc) is 2.88. The molecule has 0 aromatic rings. The van der Waals surface area contributed by atoms with E-state index in [1.54, 1.807) is 7.05 Å². The Morgan fingerprint density at radius 2 is 1.86 bits per heavy atom. The summed E-state index contributed by atoms with van der Waals surface area (Å²) in [5, 5.41) is 6.64. The average molecular weight is 444 g/mol. The summed E-state index contributed by atoms with van der Waals surface area (Å²) in [4.78, 5) is 4.22. The Morgan fingerprint density at radius 3 is 2.55 bits per heavy atom. The maximum Gasteiger partial charge on any atom is 0.208 e. The lowest BCUT2D eigenvalue weighted by Gasteiger charge is -2.33. The van der Waals surface area contributed by atoms with Crippen molar-refractivity contribution in [1.82, 2.24) is 15.4 Å². The fraction of sp³-hybridized carbons (Fsp3) is 0.929. The van der Waals surface area contributed by atoms with Crippen LogP contribution >= 0.6 is 24.0 Å². The lowest BCUT2D eigenvalue weighted by Crippen LogP contribution is -2.47. The monoisotopic (exact) mass is 444 g/mol. The molecule has 0 radical (unpaired) electrons. The van der Waals surface area contributed by atoms with Gasteiger partial charge in [-0.1, -0.05) is 19.3 Å². The minimum atomic E-state index is -3.12. The Bertz CT molecular complexity index is 469. The van der Waals surface area contributed by atoms with Crippen molar-refractivity contribution in [3.05, 3.63) is 0 Å². The van der Waals surface area contributed by atoms with Crippen LogP contribution in [0.25, 0.3) is 0 Å². The molecule has 2 rings (SSSR count). The standard InChI is InChI=1S/C14H28N4O2S.HI/c1-15-14(16-8-9-17-21(2,19)20)18-13-7-6-11-4-3-5-12(11)10-13;/h11-13,17H,3-10H2,1-2H3,(H2,15,16,18);1H. The second-order valence-electron chi connectivity index (χ2n) is 6.27. The van der Waals surface area contributed by atoms with E-state index < -0.39 is 10.0 Å². The number of nitrogens with zero attached hydrogens (tertiary/aromatic N) is 1. The van der Waals surface area contributed by atoms with Crippen LogP contribution in [0.15, 0.2) is 4.99 Å². The van der Waals surface area contributed by atoms with Gasteiger partial charge in [-0.15, -0.1) is 24.0 Å². The molecular weight excluding hydrogens is 415 g/mol. The first-order chi connectivity index (χ1) is 9.98. The first kappa shape index (κ1) is 20.0. The van der Waals surface area contributed by atoms with Crippen LogP contribution in [0.4, 0.5) is 0 Å². The Hall–Kier alpha value is -0.0900. The zero-order valence-corrected chi connectivity index (χ0v) is 16.6. The van der Waals surface area contributed by atoms with E-state index >= 15 is 0 Å². The molecule has 3 unspecified atom stereocenters. The number of guanidine groups is 1. The third kappa shape index (κ3) is 6.57. The van der Waals surface area contributed by atoms with Gasteiger partial charge in [0.2, 0.25) is 10.0 Å². The van der Waals surface area contributed by atoms with E-state index in [0.29, 0.717) is 19.1 Å². The molecule has 0 saturated heterocycles. The topological polar surface area (TPSA) is 82.6 Å². The molecule has 3 N–H and O–H groups in total. The highest BCUT2D eigenvalue weighted by atomic mass is 127. The van der Waals surface area contributed by atoms with Gasteiger partial charge in [-0.3, -0.25) is 4.99 Å². The summed E-state index contributed by atoms with van der Waals surface area (Å²) in [5.41, 5.74) is 0. The SMILES string of the molecule is CN=C(NCCNS(C)(=O)=O)NC1CCC2CCCC2C1.I. The highest BCUT2D eigenvalue weighted by Crippen LogP contribution is 2.41. The maximum absolute atomic E-state index is 11.0. The van der Waals surface area contributed by atoms with Gasteiger partial charge < -0.3 is 10.6 Å². The van der Waals surface area contributed by atoms with Crippen LogP contribution in [0.5, 0.6) is 0 Å². The lowest BCUT2D eigenvalue weighted by molar-refractivity contribution is 0.239. The van der Waals surface area contributed by atoms with Crippen molar-refractivity contribution in [1.29, 1.82) is 0 Å². The van der Waals surface area contributed by atoms with Crippen molar-refractivity contribution < 1.29 is 8.42 Å². The van der Waals surface area contributed by atoms with Crippen molar-refractivity contribution in [3.63, 3.8) is 0 Å². The second kappa shape index (κ2) is 9.27. The molecule has 3 atom stereocenters. The summed E-state index contributed by atoms with van der Waals surface area (Å²) < 4.78 is 24.4. The Labute approximate surface area is 151 Å². The molecule has 2 saturated carbocycles. The van der Waals surface area contributed by atoms with Crippen molar-refractivity contribution >= 4 is 40.0 Å². The highest BCUT2D eigenvalue weighted by molar-refractivity contribution is 14.0. The van der Waals surface area contributed by atoms with Crippen LogP contribution in [0.2, 0.25) is 0 Å². The molecule has 0 amide bonds. The van der Waals surface area contributed by atoms with Crippen molar-refractivity contribution in [2.75, 3.05) is 26.4 Å². The molecule has 0 spiro atoms. The summed E-state index contributed by atoms with van der Waals surface area (Å²) in [6.45, 7) is 0.903. The predicted molar refractivity (Wildman–Crippen MR) is 101 cm³/mol. The van der Waals surface area contributed by atoms with Gasteiger partial charge in [0.15, 0.2) is 5.96 Å². The van der Waals surface area contributed by atoms with Crippen LogP contribution < -0.4 is 15.4 Å². The summed E-state index contributed by atoms with van der Waals surface area (Å²) in [6, 6.07) is 0.499. The molecule has 130 valence electrons. The molecule has 0 aromatic carbocycles. The second-order valence-corrected chi connectivity index (χ2v) is 8.10. The molecule has 22 heavy (non-hydrogen) atoms. The van der Waals surface area contributed by atoms with E-state index in [2.05, 4.69) is 20.3 Å². The normalized spacial score (nSPS) is 28.6. The number of nitrogens with one attached hydrogen (secondary N) is 3. The fourth-order valence-corrected chi connectivity index (χ4v) is 4.11. The van der Waals surface area contributed by atoms with Crippen LogP contribution in [0.3, 0.4) is 0 Å². The van der Waals surface area contributed by atoms with E-state index in [9.17, 15) is 8.42 Å². The van der Waals surface area contributed by atoms with Crippen LogP contribution in [-0.4, -0.2) is 46.8 Å². The molecule has 0 aliphatic heterocycles. The van der Waals surface area contributed by atoms with Crippen LogP contribution in [-0.2, 0) is 10.0 Å². The fourth-order valence-electron chi connectivity index (χ4n) is 3.64. The number of hydrogen-bond acceptors (Lipinski definition) is 3. The molecule has 0 heterocycles. The predicted octanol–water partition coefficient (Wildman–Crippen LogP) is 1.29. The van der Waals surface area contributed by atoms with E-state index in [0.717, 1.165) is 17.8 Å². The third-order valence-corrected chi connectivity index (χ3v) is 5.36. The minimum Gasteiger partial charge on any atom is -0.355 e. The van der Waals surface area contributed by atoms with Crippen LogP contribution in [0.1, 0.15) is 38.5 Å². The molecule has 8 heteroatoms. The Kier molecular flexibility index (Phi) is 8.40. The van der Waals surface area contributed by atoms with E-state index in [1.165, 1.54) is 44.8 Å². The van der Waals surface area contributed by atoms with Gasteiger partial charge in [0.1, 0.15) is 0 Å². The molecule has 2 aliphatic carbocycles. The van der Waals surface area contributed by atoms with E-state index in [1.807, 2.05) is 0 Å². The van der Waals surface area contributed by atoms with E-state index in [4.69, 9.17) is 0 Å². The maximum atomic E-state index is 11.0. The van der Waals surface area contributed by atoms with Crippen molar-refractivity contribution in [3.8, 4) is 0 Å². The number of halogens is 1. The van der Waals surface area contributed by atoms with Crippen molar-refractivity contribution in [2.24, 2.45) is 16.8 Å². The lowest BCUT2D eigenvalue weighted by atomic mass is 9.79. The van der Waals surface area contributed by atoms with Gasteiger partial charge in [0.25, 0.3) is 0 Å². The summed E-state index contributed by atoms with van der Waals surface area (Å²) in [7, 11) is -1.37. The highest BCUT2D eigenvalue weighted by Gasteiger charge is 2.33. The summed E-state index contributed by atoms with van der Waals surface area (Å²) in [6.07, 6.45) is 9.15. The largest absolute Gasteiger partial charge is 0.355 e. The van der Waals surface area contributed by atoms with Gasteiger partial charge >= 0.3 is 0 Å². The van der Waals surface area contributed by atoms with Gasteiger partial charge in [0, 0.05) is 26.2 Å². The molecule has 2 aliphatic rings. The number of fused-ring (bicyclic) bond motifs is 1. The van der Waals surface area contributed by atoms with Gasteiger partial charge in [-0.2, -0.15) is 0 Å². The zero-order chi connectivity index (χ0) is 15.3. The Balaban J connectivity index is 0.00000242. The smallest absolute Gasteiger partial charge is 0.208 e. The summed E-state index contributed by atoms with van der Waals surface area (Å²) in [5.74, 6) is 2.62. The number of rotatable bonds is 5. The van der Waals surface area contributed by atoms with Gasteiger partial charge in [-0.05, 0) is 31.1 Å². The molecule has 6 nitrogen and oxygen atoms in total. The van der Waals surface area contributed by atoms with Gasteiger partial charge in [0.05, 0.1) is 6.26 Å². The Morgan fingerprint density at radius 1 is 1.14 bits per heavy atom. The van der Waals surface area contributed by atoms with Crippen LogP contribution in [0, 0.1) is 11.8 Å². The first-order valence-electron chi connectivity index (χ1n) is 7.90. The van der Waals surface area contributed by atoms with Gasteiger partial charge in [-0.25, -0.2) is 13.1 Å². The first-order valence-corrected chi connectivity index (χ1v) is 9.79. The number of hydrogen-bond donors (Lipinski definition) is 3. The molecule has 0 aromatic heterocycles. The number of aliphatic imine (C=N–C) groups is 1. The number of sulfonamides is 1. The quantitative estimate of drug-likeness (QED) is 0.258.